The number of amides is 1. The molecular weight excluding hydrogens is 410 g/mol. The molecule has 1 aliphatic carbocycles. The third-order valence-electron chi connectivity index (χ3n) is 6.37. The Bertz CT molecular complexity index is 1100. The molecule has 6 nitrogen and oxygen atoms in total. The highest BCUT2D eigenvalue weighted by Gasteiger charge is 2.38. The lowest BCUT2D eigenvalue weighted by Crippen LogP contribution is -2.61. The number of carbonyl (C=O) groups excluding carboxylic acids is 1. The van der Waals surface area contributed by atoms with E-state index in [-0.39, 0.29) is 22.9 Å². The number of benzene rings is 2. The van der Waals surface area contributed by atoms with Crippen molar-refractivity contribution in [2.45, 2.75) is 76.4 Å². The van der Waals surface area contributed by atoms with Crippen molar-refractivity contribution < 1.29 is 13.2 Å². The third-order valence-corrected chi connectivity index (χ3v) is 8.04. The molecule has 0 bridgehead atoms. The molecule has 0 spiro atoms. The Kier molecular flexibility index (Phi) is 5.83. The summed E-state index contributed by atoms with van der Waals surface area (Å²) in [5.74, 6) is -0.100. The van der Waals surface area contributed by atoms with E-state index in [1.807, 2.05) is 52.0 Å². The molecule has 1 heterocycles. The Labute approximate surface area is 184 Å². The number of carbonyl (C=O) groups is 1. The topological polar surface area (TPSA) is 87.3 Å². The average molecular weight is 442 g/mol. The molecule has 0 aromatic heterocycles. The van der Waals surface area contributed by atoms with Gasteiger partial charge in [-0.3, -0.25) is 14.8 Å². The number of rotatable bonds is 4. The van der Waals surface area contributed by atoms with Crippen LogP contribution in [0.5, 0.6) is 0 Å². The van der Waals surface area contributed by atoms with Crippen LogP contribution in [0.1, 0.15) is 59.5 Å². The smallest absolute Gasteiger partial charge is 0.262 e. The van der Waals surface area contributed by atoms with Crippen molar-refractivity contribution in [3.63, 3.8) is 0 Å². The molecule has 2 fully saturated rings. The van der Waals surface area contributed by atoms with Gasteiger partial charge in [0.2, 0.25) is 5.91 Å². The molecule has 1 saturated heterocycles. The largest absolute Gasteiger partial charge is 0.350 e. The van der Waals surface area contributed by atoms with E-state index < -0.39 is 16.1 Å². The van der Waals surface area contributed by atoms with Crippen LogP contribution < -0.4 is 15.4 Å². The molecule has 7 heteroatoms. The molecule has 3 atom stereocenters. The van der Waals surface area contributed by atoms with E-state index in [0.717, 1.165) is 36.8 Å². The first-order chi connectivity index (χ1) is 14.7. The summed E-state index contributed by atoms with van der Waals surface area (Å²) in [4.78, 5) is 13.2. The maximum absolute atomic E-state index is 13.4. The normalized spacial score (nSPS) is 23.7. The average Bonchev–Trinajstić information content (AvgIpc) is 2.67. The first-order valence-corrected chi connectivity index (χ1v) is 12.4. The minimum absolute atomic E-state index is 0.100. The van der Waals surface area contributed by atoms with Gasteiger partial charge in [0.05, 0.1) is 10.6 Å². The van der Waals surface area contributed by atoms with Crippen molar-refractivity contribution in [2.24, 2.45) is 0 Å². The Morgan fingerprint density at radius 2 is 1.55 bits per heavy atom. The summed E-state index contributed by atoms with van der Waals surface area (Å²) in [6.45, 7) is 7.52. The molecule has 4 rings (SSSR count). The lowest BCUT2D eigenvalue weighted by atomic mass is 9.86. The number of piperazine rings is 1. The second-order valence-electron chi connectivity index (χ2n) is 9.03. The predicted octanol–water partition coefficient (Wildman–Crippen LogP) is 3.79. The minimum Gasteiger partial charge on any atom is -0.350 e. The number of hydrogen-bond donors (Lipinski definition) is 3. The summed E-state index contributed by atoms with van der Waals surface area (Å²) >= 11 is 0. The van der Waals surface area contributed by atoms with Crippen LogP contribution in [0.15, 0.2) is 35.2 Å². The fourth-order valence-electron chi connectivity index (χ4n) is 5.09. The molecule has 0 radical (unpaired) electrons. The number of nitrogens with one attached hydrogen (secondary N) is 3. The SMILES string of the molecule is Cc1cc(C)c(S(=O)(=O)Nc2ccc(C)cc2C2NC3CCCCC3NC2=O)c(C)c1. The lowest BCUT2D eigenvalue weighted by molar-refractivity contribution is -0.127. The highest BCUT2D eigenvalue weighted by atomic mass is 32.2. The van der Waals surface area contributed by atoms with Crippen molar-refractivity contribution in [1.29, 1.82) is 0 Å². The number of anilines is 1. The van der Waals surface area contributed by atoms with Gasteiger partial charge in [-0.25, -0.2) is 8.42 Å². The second-order valence-corrected chi connectivity index (χ2v) is 10.6. The second kappa shape index (κ2) is 8.28. The van der Waals surface area contributed by atoms with Crippen LogP contribution in [0.3, 0.4) is 0 Å². The van der Waals surface area contributed by atoms with Crippen LogP contribution in [-0.2, 0) is 14.8 Å². The van der Waals surface area contributed by atoms with Gasteiger partial charge in [-0.1, -0.05) is 48.2 Å². The first kappa shape index (κ1) is 21.8. The van der Waals surface area contributed by atoms with Crippen molar-refractivity contribution in [3.8, 4) is 0 Å². The van der Waals surface area contributed by atoms with Gasteiger partial charge in [0, 0.05) is 17.6 Å². The van der Waals surface area contributed by atoms with Crippen LogP contribution in [0.2, 0.25) is 0 Å². The van der Waals surface area contributed by atoms with Crippen LogP contribution >= 0.6 is 0 Å². The summed E-state index contributed by atoms with van der Waals surface area (Å²) in [6, 6.07) is 9.03. The molecule has 31 heavy (non-hydrogen) atoms. The Hall–Kier alpha value is -2.38. The van der Waals surface area contributed by atoms with Crippen LogP contribution in [-0.4, -0.2) is 26.4 Å². The lowest BCUT2D eigenvalue weighted by Gasteiger charge is -2.41. The maximum Gasteiger partial charge on any atom is 0.262 e. The first-order valence-electron chi connectivity index (χ1n) is 10.9. The van der Waals surface area contributed by atoms with Gasteiger partial charge >= 0.3 is 0 Å². The molecule has 166 valence electrons. The maximum atomic E-state index is 13.4. The zero-order chi connectivity index (χ0) is 22.3. The van der Waals surface area contributed by atoms with Crippen molar-refractivity contribution in [3.05, 3.63) is 58.1 Å². The molecule has 3 N–H and O–H groups in total. The highest BCUT2D eigenvalue weighted by molar-refractivity contribution is 7.92. The Morgan fingerprint density at radius 3 is 2.23 bits per heavy atom. The predicted molar refractivity (Wildman–Crippen MR) is 123 cm³/mol. The quantitative estimate of drug-likeness (QED) is 0.674. The molecule has 1 amide bonds. The number of aryl methyl sites for hydroxylation is 4. The van der Waals surface area contributed by atoms with Gasteiger partial charge in [-0.2, -0.15) is 0 Å². The van der Waals surface area contributed by atoms with Gasteiger partial charge in [0.15, 0.2) is 0 Å². The number of sulfonamides is 1. The molecular formula is C24H31N3O3S. The number of hydrogen-bond acceptors (Lipinski definition) is 4. The molecule has 2 aromatic rings. The molecule has 2 aliphatic rings. The van der Waals surface area contributed by atoms with Gasteiger partial charge in [0.1, 0.15) is 6.04 Å². The standard InChI is InChI=1S/C24H31N3O3S/c1-14-9-10-19(27-31(29,30)23-16(3)11-15(2)12-17(23)4)18(13-14)22-24(28)26-21-8-6-5-7-20(21)25-22/h9-13,20-22,25,27H,5-8H2,1-4H3,(H,26,28). The molecule has 1 aliphatic heterocycles. The summed E-state index contributed by atoms with van der Waals surface area (Å²) in [5.41, 5.74) is 4.50. The van der Waals surface area contributed by atoms with Crippen molar-refractivity contribution >= 4 is 21.6 Å². The Balaban J connectivity index is 1.70. The third kappa shape index (κ3) is 4.34. The van der Waals surface area contributed by atoms with Gasteiger partial charge < -0.3 is 5.32 Å². The fourth-order valence-corrected chi connectivity index (χ4v) is 6.63. The summed E-state index contributed by atoms with van der Waals surface area (Å²) < 4.78 is 29.5. The number of fused-ring (bicyclic) bond motifs is 1. The molecule has 3 unspecified atom stereocenters. The van der Waals surface area contributed by atoms with E-state index >= 15 is 0 Å². The van der Waals surface area contributed by atoms with Crippen LogP contribution in [0, 0.1) is 27.7 Å². The fraction of sp³-hybridized carbons (Fsp3) is 0.458. The van der Waals surface area contributed by atoms with E-state index in [9.17, 15) is 13.2 Å². The highest BCUT2D eigenvalue weighted by Crippen LogP contribution is 2.33. The zero-order valence-corrected chi connectivity index (χ0v) is 19.4. The van der Waals surface area contributed by atoms with E-state index in [0.29, 0.717) is 22.4 Å². The van der Waals surface area contributed by atoms with E-state index in [1.54, 1.807) is 6.07 Å². The summed E-state index contributed by atoms with van der Waals surface area (Å²) in [6.07, 6.45) is 4.25. The van der Waals surface area contributed by atoms with Gasteiger partial charge in [-0.05, 0) is 57.7 Å². The van der Waals surface area contributed by atoms with E-state index in [1.165, 1.54) is 0 Å². The summed E-state index contributed by atoms with van der Waals surface area (Å²) in [5, 5.41) is 6.65. The molecule has 2 aromatic carbocycles. The Morgan fingerprint density at radius 1 is 0.903 bits per heavy atom. The van der Waals surface area contributed by atoms with Gasteiger partial charge in [0.25, 0.3) is 10.0 Å². The summed E-state index contributed by atoms with van der Waals surface area (Å²) in [7, 11) is -3.82. The van der Waals surface area contributed by atoms with Crippen molar-refractivity contribution in [2.75, 3.05) is 4.72 Å². The zero-order valence-electron chi connectivity index (χ0n) is 18.6. The van der Waals surface area contributed by atoms with E-state index in [4.69, 9.17) is 0 Å². The van der Waals surface area contributed by atoms with E-state index in [2.05, 4.69) is 15.4 Å². The molecule has 1 saturated carbocycles. The minimum atomic E-state index is -3.82. The van der Waals surface area contributed by atoms with Gasteiger partial charge in [-0.15, -0.1) is 0 Å². The van der Waals surface area contributed by atoms with Crippen LogP contribution in [0.25, 0.3) is 0 Å². The van der Waals surface area contributed by atoms with Crippen molar-refractivity contribution in [1.82, 2.24) is 10.6 Å². The van der Waals surface area contributed by atoms with Crippen LogP contribution in [0.4, 0.5) is 5.69 Å². The monoisotopic (exact) mass is 441 g/mol.